The number of carbonyl (C=O) groups is 1. The highest BCUT2D eigenvalue weighted by atomic mass is 35.5. The Morgan fingerprint density at radius 3 is 2.42 bits per heavy atom. The zero-order valence-electron chi connectivity index (χ0n) is 9.65. The lowest BCUT2D eigenvalue weighted by Gasteiger charge is -2.09. The predicted molar refractivity (Wildman–Crippen MR) is 72.2 cm³/mol. The molecular formula is C13H10ClFN2O2. The molecule has 0 radical (unpaired) electrons. The minimum Gasteiger partial charge on any atom is -0.508 e. The van der Waals surface area contributed by atoms with Gasteiger partial charge < -0.3 is 15.7 Å². The van der Waals surface area contributed by atoms with Crippen molar-refractivity contribution in [3.05, 3.63) is 53.3 Å². The van der Waals surface area contributed by atoms with Gasteiger partial charge in [-0.15, -0.1) is 0 Å². The summed E-state index contributed by atoms with van der Waals surface area (Å²) in [6.45, 7) is 0. The second kappa shape index (κ2) is 5.58. The molecule has 2 rings (SSSR count). The van der Waals surface area contributed by atoms with Crippen LogP contribution in [0.1, 0.15) is 0 Å². The lowest BCUT2D eigenvalue weighted by Crippen LogP contribution is -2.19. The van der Waals surface area contributed by atoms with Crippen molar-refractivity contribution < 1.29 is 14.3 Å². The maximum Gasteiger partial charge on any atom is 0.323 e. The molecule has 0 saturated heterocycles. The first-order chi connectivity index (χ1) is 9.04. The van der Waals surface area contributed by atoms with E-state index in [1.165, 1.54) is 42.5 Å². The molecule has 0 spiro atoms. The van der Waals surface area contributed by atoms with Crippen LogP contribution < -0.4 is 10.6 Å². The molecule has 0 heterocycles. The fourth-order valence-corrected chi connectivity index (χ4v) is 1.65. The highest BCUT2D eigenvalue weighted by Gasteiger charge is 2.06. The molecule has 0 aliphatic rings. The Kier molecular flexibility index (Phi) is 3.87. The molecule has 2 aromatic rings. The van der Waals surface area contributed by atoms with Crippen LogP contribution in [0.4, 0.5) is 20.6 Å². The summed E-state index contributed by atoms with van der Waals surface area (Å²) in [5.74, 6) is -0.373. The first-order valence-electron chi connectivity index (χ1n) is 5.37. The van der Waals surface area contributed by atoms with Crippen molar-refractivity contribution in [1.29, 1.82) is 0 Å². The third-order valence-corrected chi connectivity index (χ3v) is 2.62. The van der Waals surface area contributed by atoms with Gasteiger partial charge >= 0.3 is 6.03 Å². The molecule has 0 atom stereocenters. The monoisotopic (exact) mass is 280 g/mol. The molecule has 0 fully saturated rings. The van der Waals surface area contributed by atoms with Gasteiger partial charge in [0.05, 0.1) is 10.7 Å². The minimum atomic E-state index is -0.515. The lowest BCUT2D eigenvalue weighted by atomic mass is 10.3. The SMILES string of the molecule is O=C(Nc1ccc(F)cc1)Nc1ccc(O)cc1Cl. The molecule has 2 amide bonds. The average Bonchev–Trinajstić information content (AvgIpc) is 2.36. The second-order valence-corrected chi connectivity index (χ2v) is 4.16. The van der Waals surface area contributed by atoms with Gasteiger partial charge in [-0.25, -0.2) is 9.18 Å². The van der Waals surface area contributed by atoms with Gasteiger partial charge in [0.2, 0.25) is 0 Å². The van der Waals surface area contributed by atoms with E-state index in [2.05, 4.69) is 10.6 Å². The van der Waals surface area contributed by atoms with Crippen molar-refractivity contribution in [1.82, 2.24) is 0 Å². The highest BCUT2D eigenvalue weighted by Crippen LogP contribution is 2.26. The highest BCUT2D eigenvalue weighted by molar-refractivity contribution is 6.34. The number of phenols is 1. The van der Waals surface area contributed by atoms with Crippen LogP contribution in [0.25, 0.3) is 0 Å². The number of urea groups is 1. The Labute approximate surface area is 113 Å². The maximum absolute atomic E-state index is 12.7. The fraction of sp³-hybridized carbons (Fsp3) is 0. The number of anilines is 2. The normalized spacial score (nSPS) is 10.0. The molecule has 19 heavy (non-hydrogen) atoms. The summed E-state index contributed by atoms with van der Waals surface area (Å²) in [7, 11) is 0. The summed E-state index contributed by atoms with van der Waals surface area (Å²) in [4.78, 5) is 11.7. The van der Waals surface area contributed by atoms with Crippen LogP contribution in [-0.4, -0.2) is 11.1 Å². The zero-order valence-corrected chi connectivity index (χ0v) is 10.4. The van der Waals surface area contributed by atoms with Crippen molar-refractivity contribution in [3.63, 3.8) is 0 Å². The summed E-state index contributed by atoms with van der Waals surface area (Å²) < 4.78 is 12.7. The molecule has 4 nitrogen and oxygen atoms in total. The summed E-state index contributed by atoms with van der Waals surface area (Å²) in [5, 5.41) is 14.4. The standard InChI is InChI=1S/C13H10ClFN2O2/c14-11-7-10(18)5-6-12(11)17-13(19)16-9-3-1-8(15)2-4-9/h1-7,18H,(H2,16,17,19). The molecule has 0 aliphatic carbocycles. The largest absolute Gasteiger partial charge is 0.508 e. The van der Waals surface area contributed by atoms with Crippen LogP contribution in [0.5, 0.6) is 5.75 Å². The predicted octanol–water partition coefficient (Wildman–Crippen LogP) is 3.83. The molecule has 0 unspecified atom stereocenters. The van der Waals surface area contributed by atoms with Crippen molar-refractivity contribution >= 4 is 29.0 Å². The van der Waals surface area contributed by atoms with E-state index in [1.807, 2.05) is 0 Å². The number of rotatable bonds is 2. The second-order valence-electron chi connectivity index (χ2n) is 3.75. The Hall–Kier alpha value is -2.27. The zero-order chi connectivity index (χ0) is 13.8. The number of nitrogens with one attached hydrogen (secondary N) is 2. The number of aromatic hydroxyl groups is 1. The van der Waals surface area contributed by atoms with Gasteiger partial charge in [-0.05, 0) is 36.4 Å². The van der Waals surface area contributed by atoms with Gasteiger partial charge in [0.25, 0.3) is 0 Å². The molecule has 6 heteroatoms. The average molecular weight is 281 g/mol. The third kappa shape index (κ3) is 3.59. The van der Waals surface area contributed by atoms with Gasteiger partial charge in [0, 0.05) is 11.8 Å². The van der Waals surface area contributed by atoms with Crippen molar-refractivity contribution in [2.45, 2.75) is 0 Å². The Morgan fingerprint density at radius 2 is 1.79 bits per heavy atom. The smallest absolute Gasteiger partial charge is 0.323 e. The summed E-state index contributed by atoms with van der Waals surface area (Å²) in [5.41, 5.74) is 0.813. The van der Waals surface area contributed by atoms with E-state index >= 15 is 0 Å². The first kappa shape index (κ1) is 13.2. The number of hydrogen-bond acceptors (Lipinski definition) is 2. The van der Waals surface area contributed by atoms with Crippen LogP contribution in [0.3, 0.4) is 0 Å². The summed E-state index contributed by atoms with van der Waals surface area (Å²) in [6, 6.07) is 9.03. The van der Waals surface area contributed by atoms with Crippen molar-refractivity contribution in [2.75, 3.05) is 10.6 Å². The Balaban J connectivity index is 2.03. The van der Waals surface area contributed by atoms with E-state index in [-0.39, 0.29) is 16.6 Å². The first-order valence-corrected chi connectivity index (χ1v) is 5.74. The van der Waals surface area contributed by atoms with E-state index in [0.717, 1.165) is 0 Å². The molecular weight excluding hydrogens is 271 g/mol. The Morgan fingerprint density at radius 1 is 1.11 bits per heavy atom. The van der Waals surface area contributed by atoms with Crippen molar-refractivity contribution in [3.8, 4) is 5.75 Å². The number of carbonyl (C=O) groups excluding carboxylic acids is 1. The number of hydrogen-bond donors (Lipinski definition) is 3. The van der Waals surface area contributed by atoms with Crippen LogP contribution in [0, 0.1) is 5.82 Å². The van der Waals surface area contributed by atoms with Crippen LogP contribution in [-0.2, 0) is 0 Å². The van der Waals surface area contributed by atoms with Gasteiger partial charge in [-0.2, -0.15) is 0 Å². The third-order valence-electron chi connectivity index (χ3n) is 2.30. The molecule has 2 aromatic carbocycles. The van der Waals surface area contributed by atoms with Crippen LogP contribution in [0.15, 0.2) is 42.5 Å². The molecule has 0 saturated carbocycles. The Bertz CT molecular complexity index is 602. The molecule has 3 N–H and O–H groups in total. The molecule has 0 aromatic heterocycles. The number of amides is 2. The topological polar surface area (TPSA) is 61.4 Å². The van der Waals surface area contributed by atoms with E-state index < -0.39 is 6.03 Å². The quantitative estimate of drug-likeness (QED) is 0.732. The minimum absolute atomic E-state index is 0.00879. The fourth-order valence-electron chi connectivity index (χ4n) is 1.42. The molecule has 98 valence electrons. The van der Waals surface area contributed by atoms with Gasteiger partial charge in [-0.1, -0.05) is 11.6 Å². The van der Waals surface area contributed by atoms with E-state index in [1.54, 1.807) is 0 Å². The maximum atomic E-state index is 12.7. The number of halogens is 2. The van der Waals surface area contributed by atoms with Crippen LogP contribution in [0.2, 0.25) is 5.02 Å². The lowest BCUT2D eigenvalue weighted by molar-refractivity contribution is 0.262. The summed E-state index contributed by atoms with van der Waals surface area (Å²) in [6.07, 6.45) is 0. The van der Waals surface area contributed by atoms with Crippen LogP contribution >= 0.6 is 11.6 Å². The molecule has 0 aliphatic heterocycles. The molecule has 0 bridgehead atoms. The van der Waals surface area contributed by atoms with Crippen molar-refractivity contribution in [2.24, 2.45) is 0 Å². The number of benzene rings is 2. The van der Waals surface area contributed by atoms with Gasteiger partial charge in [-0.3, -0.25) is 0 Å². The van der Waals surface area contributed by atoms with Gasteiger partial charge in [0.15, 0.2) is 0 Å². The number of phenolic OH excluding ortho intramolecular Hbond substituents is 1. The van der Waals surface area contributed by atoms with Gasteiger partial charge in [0.1, 0.15) is 11.6 Å². The van der Waals surface area contributed by atoms with E-state index in [4.69, 9.17) is 11.6 Å². The van der Waals surface area contributed by atoms with E-state index in [0.29, 0.717) is 11.4 Å². The summed E-state index contributed by atoms with van der Waals surface area (Å²) >= 11 is 5.85. The van der Waals surface area contributed by atoms with E-state index in [9.17, 15) is 14.3 Å².